The van der Waals surface area contributed by atoms with Gasteiger partial charge in [0.05, 0.1) is 11.1 Å². The Morgan fingerprint density at radius 3 is 2.69 bits per heavy atom. The van der Waals surface area contributed by atoms with Crippen molar-refractivity contribution in [2.45, 2.75) is 20.3 Å². The highest BCUT2D eigenvalue weighted by Gasteiger charge is 2.13. The number of rotatable bonds is 3. The second kappa shape index (κ2) is 6.19. The number of nitrogens with one attached hydrogen (secondary N) is 3. The van der Waals surface area contributed by atoms with E-state index in [2.05, 4.69) is 15.3 Å². The fraction of sp³-hybridized carbons (Fsp3) is 0.143. The van der Waals surface area contributed by atoms with E-state index in [1.807, 2.05) is 50.2 Å². The van der Waals surface area contributed by atoms with Gasteiger partial charge in [0.2, 0.25) is 0 Å². The number of fused-ring (bicyclic) bond motifs is 2. The number of hydrogen-bond acceptors (Lipinski definition) is 2. The first-order valence-electron chi connectivity index (χ1n) is 8.61. The minimum Gasteiger partial charge on any atom is -0.360 e. The van der Waals surface area contributed by atoms with E-state index in [1.54, 1.807) is 12.3 Å². The molecule has 0 saturated heterocycles. The van der Waals surface area contributed by atoms with Gasteiger partial charge < -0.3 is 15.3 Å². The Bertz CT molecular complexity index is 1200. The van der Waals surface area contributed by atoms with Gasteiger partial charge in [-0.1, -0.05) is 31.2 Å². The van der Waals surface area contributed by atoms with E-state index in [9.17, 15) is 9.59 Å². The van der Waals surface area contributed by atoms with E-state index in [0.717, 1.165) is 32.9 Å². The molecule has 0 unspecified atom stereocenters. The Morgan fingerprint density at radius 1 is 1.08 bits per heavy atom. The Balaban J connectivity index is 1.71. The second-order valence-electron chi connectivity index (χ2n) is 6.37. The largest absolute Gasteiger partial charge is 0.360 e. The molecule has 0 aliphatic heterocycles. The van der Waals surface area contributed by atoms with Crippen LogP contribution >= 0.6 is 0 Å². The highest BCUT2D eigenvalue weighted by molar-refractivity contribution is 6.13. The van der Waals surface area contributed by atoms with Gasteiger partial charge in [0.1, 0.15) is 0 Å². The van der Waals surface area contributed by atoms with E-state index in [-0.39, 0.29) is 11.5 Å². The number of carbonyl (C=O) groups is 1. The summed E-state index contributed by atoms with van der Waals surface area (Å²) >= 11 is 0. The zero-order valence-electron chi connectivity index (χ0n) is 14.6. The fourth-order valence-corrected chi connectivity index (χ4v) is 3.47. The third-order valence-electron chi connectivity index (χ3n) is 4.84. The first-order chi connectivity index (χ1) is 12.6. The molecule has 0 fully saturated rings. The maximum atomic E-state index is 12.7. The van der Waals surface area contributed by atoms with Crippen molar-refractivity contribution in [3.05, 3.63) is 75.7 Å². The average Bonchev–Trinajstić information content (AvgIpc) is 3.06. The van der Waals surface area contributed by atoms with Gasteiger partial charge in [0.25, 0.3) is 11.5 Å². The van der Waals surface area contributed by atoms with Crippen LogP contribution in [0.1, 0.15) is 28.4 Å². The lowest BCUT2D eigenvalue weighted by Crippen LogP contribution is -2.15. The van der Waals surface area contributed by atoms with Crippen LogP contribution in [-0.4, -0.2) is 15.9 Å². The van der Waals surface area contributed by atoms with Gasteiger partial charge in [-0.3, -0.25) is 9.59 Å². The predicted octanol–water partition coefficient (Wildman–Crippen LogP) is 4.13. The van der Waals surface area contributed by atoms with Gasteiger partial charge in [-0.25, -0.2) is 0 Å². The molecule has 5 nitrogen and oxygen atoms in total. The number of benzene rings is 2. The van der Waals surface area contributed by atoms with Crippen LogP contribution in [0, 0.1) is 6.92 Å². The summed E-state index contributed by atoms with van der Waals surface area (Å²) in [6, 6.07) is 13.3. The molecule has 0 aliphatic carbocycles. The number of aromatic amines is 2. The molecule has 1 amide bonds. The molecule has 4 aromatic rings. The fourth-order valence-electron chi connectivity index (χ4n) is 3.47. The van der Waals surface area contributed by atoms with Crippen molar-refractivity contribution in [3.8, 4) is 0 Å². The number of hydrogen-bond donors (Lipinski definition) is 3. The van der Waals surface area contributed by atoms with Gasteiger partial charge in [-0.2, -0.15) is 0 Å². The second-order valence-corrected chi connectivity index (χ2v) is 6.37. The third-order valence-corrected chi connectivity index (χ3v) is 4.84. The van der Waals surface area contributed by atoms with Gasteiger partial charge >= 0.3 is 0 Å². The minimum absolute atomic E-state index is 0.0717. The monoisotopic (exact) mass is 345 g/mol. The average molecular weight is 345 g/mol. The standard InChI is InChI=1S/C21H19N3O2/c1-3-14-12(2)15-9-8-13(10-19(15)24-20(14)25)23-21(26)17-11-22-18-7-5-4-6-16(17)18/h4-11,22H,3H2,1-2H3,(H,23,26)(H,24,25). The summed E-state index contributed by atoms with van der Waals surface area (Å²) in [4.78, 5) is 30.9. The number of aryl methyl sites for hydroxylation is 1. The highest BCUT2D eigenvalue weighted by atomic mass is 16.1. The first-order valence-corrected chi connectivity index (χ1v) is 8.61. The Hall–Kier alpha value is -3.34. The van der Waals surface area contributed by atoms with Crippen LogP contribution in [0.15, 0.2) is 53.5 Å². The van der Waals surface area contributed by atoms with Crippen molar-refractivity contribution >= 4 is 33.4 Å². The molecule has 5 heteroatoms. The molecule has 0 bridgehead atoms. The van der Waals surface area contributed by atoms with Crippen molar-refractivity contribution in [2.75, 3.05) is 5.32 Å². The van der Waals surface area contributed by atoms with Crippen LogP contribution in [0.25, 0.3) is 21.8 Å². The molecule has 3 N–H and O–H groups in total. The summed E-state index contributed by atoms with van der Waals surface area (Å²) in [5.74, 6) is -0.189. The number of aromatic nitrogens is 2. The molecule has 4 rings (SSSR count). The molecule has 2 heterocycles. The number of para-hydroxylation sites is 1. The highest BCUT2D eigenvalue weighted by Crippen LogP contribution is 2.23. The topological polar surface area (TPSA) is 77.8 Å². The lowest BCUT2D eigenvalue weighted by molar-refractivity contribution is 0.102. The van der Waals surface area contributed by atoms with Gasteiger partial charge in [-0.05, 0) is 37.1 Å². The zero-order valence-corrected chi connectivity index (χ0v) is 14.6. The number of carbonyl (C=O) groups excluding carboxylic acids is 1. The zero-order chi connectivity index (χ0) is 18.3. The molecular formula is C21H19N3O2. The van der Waals surface area contributed by atoms with Crippen LogP contribution in [0.4, 0.5) is 5.69 Å². The van der Waals surface area contributed by atoms with Crippen molar-refractivity contribution in [3.63, 3.8) is 0 Å². The molecule has 0 saturated carbocycles. The molecule has 0 spiro atoms. The predicted molar refractivity (Wildman–Crippen MR) is 105 cm³/mol. The van der Waals surface area contributed by atoms with Crippen LogP contribution in [-0.2, 0) is 6.42 Å². The normalized spacial score (nSPS) is 11.2. The van der Waals surface area contributed by atoms with E-state index in [0.29, 0.717) is 17.7 Å². The molecule has 130 valence electrons. The molecule has 0 atom stereocenters. The first kappa shape index (κ1) is 16.1. The van der Waals surface area contributed by atoms with Crippen molar-refractivity contribution in [2.24, 2.45) is 0 Å². The molecule has 26 heavy (non-hydrogen) atoms. The lowest BCUT2D eigenvalue weighted by atomic mass is 10.0. The van der Waals surface area contributed by atoms with Crippen LogP contribution in [0.3, 0.4) is 0 Å². The number of pyridine rings is 1. The summed E-state index contributed by atoms with van der Waals surface area (Å²) < 4.78 is 0. The van der Waals surface area contributed by atoms with Gasteiger partial charge in [0, 0.05) is 33.7 Å². The van der Waals surface area contributed by atoms with Gasteiger partial charge in [-0.15, -0.1) is 0 Å². The summed E-state index contributed by atoms with van der Waals surface area (Å²) in [6.07, 6.45) is 2.40. The summed E-state index contributed by atoms with van der Waals surface area (Å²) in [7, 11) is 0. The number of anilines is 1. The Labute approximate surface area is 150 Å². The Kier molecular flexibility index (Phi) is 3.84. The third kappa shape index (κ3) is 2.58. The summed E-state index contributed by atoms with van der Waals surface area (Å²) in [6.45, 7) is 3.93. The van der Waals surface area contributed by atoms with Crippen molar-refractivity contribution in [1.82, 2.24) is 9.97 Å². The van der Waals surface area contributed by atoms with E-state index >= 15 is 0 Å². The Morgan fingerprint density at radius 2 is 1.88 bits per heavy atom. The van der Waals surface area contributed by atoms with Crippen molar-refractivity contribution in [1.29, 1.82) is 0 Å². The SMILES string of the molecule is CCc1c(C)c2ccc(NC(=O)c3c[nH]c4ccccc34)cc2[nH]c1=O. The maximum Gasteiger partial charge on any atom is 0.257 e. The van der Waals surface area contributed by atoms with Crippen LogP contribution in [0.5, 0.6) is 0 Å². The van der Waals surface area contributed by atoms with E-state index in [4.69, 9.17) is 0 Å². The van der Waals surface area contributed by atoms with Crippen molar-refractivity contribution < 1.29 is 4.79 Å². The lowest BCUT2D eigenvalue weighted by Gasteiger charge is -2.10. The minimum atomic E-state index is -0.189. The van der Waals surface area contributed by atoms with Crippen LogP contribution < -0.4 is 10.9 Å². The summed E-state index contributed by atoms with van der Waals surface area (Å²) in [5, 5.41) is 4.78. The van der Waals surface area contributed by atoms with Gasteiger partial charge in [0.15, 0.2) is 0 Å². The smallest absolute Gasteiger partial charge is 0.257 e. The van der Waals surface area contributed by atoms with Crippen LogP contribution in [0.2, 0.25) is 0 Å². The number of H-pyrrole nitrogens is 2. The molecular weight excluding hydrogens is 326 g/mol. The summed E-state index contributed by atoms with van der Waals surface area (Å²) in [5.41, 5.74) is 4.59. The van der Waals surface area contributed by atoms with E-state index in [1.165, 1.54) is 0 Å². The molecule has 0 radical (unpaired) electrons. The molecule has 0 aliphatic rings. The molecule has 2 aromatic carbocycles. The number of amides is 1. The molecule has 2 aromatic heterocycles. The maximum absolute atomic E-state index is 12.7. The van der Waals surface area contributed by atoms with E-state index < -0.39 is 0 Å². The quantitative estimate of drug-likeness (QED) is 0.522.